The molecule has 5 rings (SSSR count). The third-order valence-electron chi connectivity index (χ3n) is 13.6. The zero-order valence-electron chi connectivity index (χ0n) is 27.5. The molecule has 0 aromatic carbocycles. The third kappa shape index (κ3) is 4.23. The van der Waals surface area contributed by atoms with E-state index in [0.717, 1.165) is 56.9 Å². The van der Waals surface area contributed by atoms with Crippen LogP contribution >= 0.6 is 0 Å². The molecule has 0 aliphatic heterocycles. The van der Waals surface area contributed by atoms with Gasteiger partial charge in [0, 0.05) is 18.8 Å². The normalized spacial score (nSPS) is 43.6. The maximum atomic E-state index is 13.7. The van der Waals surface area contributed by atoms with E-state index in [1.165, 1.54) is 12.5 Å². The minimum atomic E-state index is -1.00. The van der Waals surface area contributed by atoms with Crippen LogP contribution < -0.4 is 11.1 Å². The maximum absolute atomic E-state index is 13.7. The van der Waals surface area contributed by atoms with Gasteiger partial charge in [0.2, 0.25) is 5.91 Å². The molecule has 8 atom stereocenters. The van der Waals surface area contributed by atoms with Gasteiger partial charge in [0.05, 0.1) is 11.1 Å². The van der Waals surface area contributed by atoms with Crippen LogP contribution in [0.5, 0.6) is 0 Å². The molecule has 41 heavy (non-hydrogen) atoms. The van der Waals surface area contributed by atoms with Gasteiger partial charge in [-0.05, 0) is 116 Å². The SMILES string of the molecule is CC(=O)O[C@H]1CC[C@]2(C)[C@H]3CC[C@@H]4C5=C(C(C)C)C(=O)C[C@]5(NC(=O)C(C)(C)N)CC[C@@]4(C)[C@]3(C)CC[C@H]2C1(C)C. The number of hydrogen-bond donors (Lipinski definition) is 2. The molecule has 230 valence electrons. The van der Waals surface area contributed by atoms with Gasteiger partial charge in [0.15, 0.2) is 5.78 Å². The molecule has 0 heterocycles. The Balaban J connectivity index is 1.55. The van der Waals surface area contributed by atoms with Gasteiger partial charge in [-0.15, -0.1) is 0 Å². The van der Waals surface area contributed by atoms with Crippen LogP contribution in [-0.4, -0.2) is 34.8 Å². The molecule has 4 saturated carbocycles. The number of esters is 1. The molecule has 0 bridgehead atoms. The van der Waals surface area contributed by atoms with Crippen LogP contribution in [-0.2, 0) is 19.1 Å². The molecule has 3 N–H and O–H groups in total. The van der Waals surface area contributed by atoms with Crippen LogP contribution in [0.3, 0.4) is 0 Å². The summed E-state index contributed by atoms with van der Waals surface area (Å²) >= 11 is 0. The molecule has 4 fully saturated rings. The number of nitrogens with one attached hydrogen (secondary N) is 1. The molecule has 5 aliphatic rings. The van der Waals surface area contributed by atoms with E-state index in [1.54, 1.807) is 13.8 Å². The average Bonchev–Trinajstić information content (AvgIpc) is 3.12. The van der Waals surface area contributed by atoms with Crippen molar-refractivity contribution in [3.05, 3.63) is 11.1 Å². The Morgan fingerprint density at radius 1 is 0.927 bits per heavy atom. The smallest absolute Gasteiger partial charge is 0.302 e. The van der Waals surface area contributed by atoms with E-state index in [2.05, 4.69) is 53.8 Å². The van der Waals surface area contributed by atoms with Crippen molar-refractivity contribution in [1.29, 1.82) is 0 Å². The first kappa shape index (κ1) is 30.8. The van der Waals surface area contributed by atoms with Gasteiger partial charge in [0.25, 0.3) is 0 Å². The van der Waals surface area contributed by atoms with E-state index >= 15 is 0 Å². The number of allylic oxidation sites excluding steroid dienone is 1. The number of hydrogen-bond acceptors (Lipinski definition) is 5. The molecule has 0 saturated heterocycles. The quantitative estimate of drug-likeness (QED) is 0.377. The topological polar surface area (TPSA) is 98.5 Å². The second kappa shape index (κ2) is 9.40. The van der Waals surface area contributed by atoms with Crippen molar-refractivity contribution in [3.8, 4) is 0 Å². The molecule has 5 aliphatic carbocycles. The fourth-order valence-corrected chi connectivity index (χ4v) is 11.5. The van der Waals surface area contributed by atoms with Crippen LogP contribution in [0.4, 0.5) is 0 Å². The first-order valence-corrected chi connectivity index (χ1v) is 16.3. The summed E-state index contributed by atoms with van der Waals surface area (Å²) in [7, 11) is 0. The highest BCUT2D eigenvalue weighted by atomic mass is 16.5. The second-order valence-corrected chi connectivity index (χ2v) is 16.9. The van der Waals surface area contributed by atoms with Crippen LogP contribution in [0.15, 0.2) is 11.1 Å². The summed E-state index contributed by atoms with van der Waals surface area (Å²) < 4.78 is 5.91. The fourth-order valence-electron chi connectivity index (χ4n) is 11.5. The summed E-state index contributed by atoms with van der Waals surface area (Å²) in [4.78, 5) is 39.0. The number of ether oxygens (including phenoxy) is 1. The monoisotopic (exact) mass is 568 g/mol. The second-order valence-electron chi connectivity index (χ2n) is 16.9. The van der Waals surface area contributed by atoms with Gasteiger partial charge >= 0.3 is 5.97 Å². The number of fused-ring (bicyclic) bond motifs is 7. The summed E-state index contributed by atoms with van der Waals surface area (Å²) in [5.74, 6) is 1.33. The fraction of sp³-hybridized carbons (Fsp3) is 0.857. The van der Waals surface area contributed by atoms with Gasteiger partial charge in [-0.25, -0.2) is 0 Å². The van der Waals surface area contributed by atoms with Crippen molar-refractivity contribution in [2.24, 2.45) is 51.1 Å². The van der Waals surface area contributed by atoms with Crippen molar-refractivity contribution in [2.75, 3.05) is 0 Å². The minimum absolute atomic E-state index is 0.0247. The molecular weight excluding hydrogens is 512 g/mol. The largest absolute Gasteiger partial charge is 0.462 e. The Hall–Kier alpha value is -1.69. The van der Waals surface area contributed by atoms with Crippen molar-refractivity contribution in [2.45, 2.75) is 144 Å². The highest BCUT2D eigenvalue weighted by Crippen LogP contribution is 2.75. The van der Waals surface area contributed by atoms with Gasteiger partial charge < -0.3 is 15.8 Å². The van der Waals surface area contributed by atoms with Crippen LogP contribution in [0.2, 0.25) is 0 Å². The molecule has 6 heteroatoms. The summed E-state index contributed by atoms with van der Waals surface area (Å²) in [6.45, 7) is 21.6. The highest BCUT2D eigenvalue weighted by molar-refractivity contribution is 6.02. The Morgan fingerprint density at radius 3 is 2.17 bits per heavy atom. The van der Waals surface area contributed by atoms with Crippen molar-refractivity contribution in [1.82, 2.24) is 5.32 Å². The van der Waals surface area contributed by atoms with E-state index in [1.807, 2.05) is 0 Å². The van der Waals surface area contributed by atoms with E-state index in [9.17, 15) is 14.4 Å². The maximum Gasteiger partial charge on any atom is 0.302 e. The molecule has 0 unspecified atom stereocenters. The standard InChI is InChI=1S/C35H56N2O4/c1-20(2)27-23(39)19-35(37-29(40)31(6,7)36)18-17-33(9)22(28(27)35)11-12-25-32(8)15-14-26(41-21(3)38)30(4,5)24(32)13-16-34(25,33)10/h20,22,24-26H,11-19,36H2,1-10H3,(H,37,40)/t22-,24+,25-,26+,32+,33-,34-,35-/m1/s1. The van der Waals surface area contributed by atoms with E-state index in [4.69, 9.17) is 10.5 Å². The molecule has 0 radical (unpaired) electrons. The Kier molecular flexibility index (Phi) is 7.05. The lowest BCUT2D eigenvalue weighted by Crippen LogP contribution is -2.68. The van der Waals surface area contributed by atoms with Crippen molar-refractivity contribution < 1.29 is 19.1 Å². The van der Waals surface area contributed by atoms with E-state index in [0.29, 0.717) is 18.3 Å². The zero-order chi connectivity index (χ0) is 30.6. The van der Waals surface area contributed by atoms with Gasteiger partial charge in [-0.1, -0.05) is 48.5 Å². The lowest BCUT2D eigenvalue weighted by molar-refractivity contribution is -0.231. The molecule has 0 spiro atoms. The predicted octanol–water partition coefficient (Wildman–Crippen LogP) is 6.50. The lowest BCUT2D eigenvalue weighted by atomic mass is 9.33. The van der Waals surface area contributed by atoms with Crippen LogP contribution in [0, 0.1) is 45.3 Å². The minimum Gasteiger partial charge on any atom is -0.462 e. The van der Waals surface area contributed by atoms with Crippen molar-refractivity contribution in [3.63, 3.8) is 0 Å². The van der Waals surface area contributed by atoms with E-state index < -0.39 is 11.1 Å². The predicted molar refractivity (Wildman–Crippen MR) is 162 cm³/mol. The number of amides is 1. The summed E-state index contributed by atoms with van der Waals surface area (Å²) in [5.41, 5.74) is 7.14. The number of carbonyl (C=O) groups excluding carboxylic acids is 3. The first-order chi connectivity index (χ1) is 18.7. The summed E-state index contributed by atoms with van der Waals surface area (Å²) in [5, 5.41) is 3.38. The molecule has 0 aromatic rings. The van der Waals surface area contributed by atoms with E-state index in [-0.39, 0.29) is 57.3 Å². The third-order valence-corrected chi connectivity index (χ3v) is 13.6. The lowest BCUT2D eigenvalue weighted by Gasteiger charge is -2.72. The molecule has 6 nitrogen and oxygen atoms in total. The number of rotatable bonds is 4. The van der Waals surface area contributed by atoms with Gasteiger partial charge in [-0.3, -0.25) is 14.4 Å². The zero-order valence-corrected chi connectivity index (χ0v) is 27.5. The first-order valence-electron chi connectivity index (χ1n) is 16.3. The van der Waals surface area contributed by atoms with Crippen LogP contribution in [0.1, 0.15) is 127 Å². The van der Waals surface area contributed by atoms with Gasteiger partial charge in [0.1, 0.15) is 6.10 Å². The van der Waals surface area contributed by atoms with Crippen LogP contribution in [0.25, 0.3) is 0 Å². The summed E-state index contributed by atoms with van der Waals surface area (Å²) in [6.07, 6.45) is 8.61. The Bertz CT molecular complexity index is 1180. The summed E-state index contributed by atoms with van der Waals surface area (Å²) in [6, 6.07) is 0. The van der Waals surface area contributed by atoms with Gasteiger partial charge in [-0.2, -0.15) is 0 Å². The Labute approximate surface area is 248 Å². The molecular formula is C35H56N2O4. The number of ketones is 1. The van der Waals surface area contributed by atoms with Crippen molar-refractivity contribution >= 4 is 17.7 Å². The highest BCUT2D eigenvalue weighted by Gasteiger charge is 2.70. The molecule has 1 amide bonds. The number of nitrogens with two attached hydrogens (primary N) is 1. The molecule has 0 aromatic heterocycles. The average molecular weight is 569 g/mol. The number of Topliss-reactive ketones (excluding diaryl/α,β-unsaturated/α-hetero) is 1. The number of carbonyl (C=O) groups is 3. The Morgan fingerprint density at radius 2 is 1.59 bits per heavy atom.